The third kappa shape index (κ3) is 1.91. The van der Waals surface area contributed by atoms with Gasteiger partial charge in [-0.05, 0) is 43.5 Å². The highest BCUT2D eigenvalue weighted by Crippen LogP contribution is 2.39. The fourth-order valence-electron chi connectivity index (χ4n) is 2.67. The molecule has 2 heterocycles. The molecule has 1 aliphatic heterocycles. The van der Waals surface area contributed by atoms with E-state index in [1.54, 1.807) is 6.07 Å². The Morgan fingerprint density at radius 1 is 1.30 bits per heavy atom. The zero-order valence-corrected chi connectivity index (χ0v) is 13.0. The number of nitrogen functional groups attached to an aromatic ring is 1. The van der Waals surface area contributed by atoms with Crippen LogP contribution in [0.15, 0.2) is 28.5 Å². The van der Waals surface area contributed by atoms with Crippen LogP contribution in [0.1, 0.15) is 16.0 Å². The molecule has 1 aromatic heterocycles. The van der Waals surface area contributed by atoms with Crippen molar-refractivity contribution in [2.75, 3.05) is 16.6 Å². The zero-order valence-electron chi connectivity index (χ0n) is 11.4. The second-order valence-corrected chi connectivity index (χ2v) is 8.32. The first-order valence-corrected chi connectivity index (χ1v) is 8.64. The van der Waals surface area contributed by atoms with Crippen molar-refractivity contribution in [1.29, 1.82) is 0 Å². The van der Waals surface area contributed by atoms with Crippen molar-refractivity contribution in [1.82, 2.24) is 0 Å². The summed E-state index contributed by atoms with van der Waals surface area (Å²) in [5.41, 5.74) is 8.95. The van der Waals surface area contributed by atoms with E-state index in [4.69, 9.17) is 5.73 Å². The Morgan fingerprint density at radius 3 is 2.70 bits per heavy atom. The Morgan fingerprint density at radius 2 is 2.05 bits per heavy atom. The average molecular weight is 308 g/mol. The molecule has 0 bridgehead atoms. The van der Waals surface area contributed by atoms with Gasteiger partial charge in [0.15, 0.2) is 0 Å². The molecule has 0 saturated carbocycles. The quantitative estimate of drug-likeness (QED) is 0.868. The molecule has 0 atom stereocenters. The molecule has 0 spiro atoms. The van der Waals surface area contributed by atoms with E-state index in [1.165, 1.54) is 15.6 Å². The first-order chi connectivity index (χ1) is 9.41. The van der Waals surface area contributed by atoms with Crippen LogP contribution in [0.5, 0.6) is 0 Å². The molecule has 20 heavy (non-hydrogen) atoms. The molecule has 0 saturated heterocycles. The molecule has 1 aromatic carbocycles. The van der Waals surface area contributed by atoms with E-state index in [0.717, 1.165) is 16.0 Å². The molecule has 6 heteroatoms. The van der Waals surface area contributed by atoms with Crippen LogP contribution in [0.25, 0.3) is 0 Å². The number of para-hydroxylation sites is 1. The van der Waals surface area contributed by atoms with Gasteiger partial charge in [-0.25, -0.2) is 8.42 Å². The topological polar surface area (TPSA) is 63.4 Å². The van der Waals surface area contributed by atoms with Gasteiger partial charge in [0.05, 0.1) is 11.4 Å². The predicted octanol–water partition coefficient (Wildman–Crippen LogP) is 2.70. The van der Waals surface area contributed by atoms with Gasteiger partial charge >= 0.3 is 0 Å². The number of thiophene rings is 1. The third-order valence-corrected chi connectivity index (χ3v) is 7.07. The van der Waals surface area contributed by atoms with Crippen molar-refractivity contribution in [3.8, 4) is 0 Å². The minimum absolute atomic E-state index is 0.422. The fourth-order valence-corrected chi connectivity index (χ4v) is 5.96. The number of hydrogen-bond donors (Lipinski definition) is 1. The molecule has 4 nitrogen and oxygen atoms in total. The Bertz CT molecular complexity index is 778. The first-order valence-electron chi connectivity index (χ1n) is 6.38. The van der Waals surface area contributed by atoms with Crippen LogP contribution in [0.4, 0.5) is 11.4 Å². The van der Waals surface area contributed by atoms with E-state index in [-0.39, 0.29) is 0 Å². The summed E-state index contributed by atoms with van der Waals surface area (Å²) in [5, 5.41) is 0. The average Bonchev–Trinajstić information content (AvgIpc) is 2.94. The minimum atomic E-state index is -3.51. The SMILES string of the molecule is Cc1cc(C)c(S(=O)(=O)N2CCc3cccc(N)c32)s1. The number of sulfonamides is 1. The van der Waals surface area contributed by atoms with Gasteiger partial charge in [0.25, 0.3) is 10.0 Å². The lowest BCUT2D eigenvalue weighted by Gasteiger charge is -2.20. The van der Waals surface area contributed by atoms with Crippen molar-refractivity contribution in [2.45, 2.75) is 24.5 Å². The lowest BCUT2D eigenvalue weighted by molar-refractivity contribution is 0.594. The number of anilines is 2. The van der Waals surface area contributed by atoms with Gasteiger partial charge in [-0.15, -0.1) is 11.3 Å². The van der Waals surface area contributed by atoms with Crippen LogP contribution in [-0.4, -0.2) is 15.0 Å². The van der Waals surface area contributed by atoms with Crippen molar-refractivity contribution in [3.63, 3.8) is 0 Å². The van der Waals surface area contributed by atoms with Crippen LogP contribution in [0.3, 0.4) is 0 Å². The van der Waals surface area contributed by atoms with Gasteiger partial charge in [0.2, 0.25) is 0 Å². The number of rotatable bonds is 2. The first kappa shape index (κ1) is 13.5. The standard InChI is InChI=1S/C14H16N2O2S2/c1-9-8-10(2)19-14(9)20(17,18)16-7-6-11-4-3-5-12(15)13(11)16/h3-5,8H,6-7,15H2,1-2H3. The number of benzene rings is 1. The summed E-state index contributed by atoms with van der Waals surface area (Å²) >= 11 is 1.32. The molecule has 1 aliphatic rings. The van der Waals surface area contributed by atoms with Crippen molar-refractivity contribution >= 4 is 32.7 Å². The summed E-state index contributed by atoms with van der Waals surface area (Å²) in [6.45, 7) is 4.22. The number of aryl methyl sites for hydroxylation is 2. The molecule has 3 rings (SSSR count). The van der Waals surface area contributed by atoms with Crippen LogP contribution in [0.2, 0.25) is 0 Å². The monoisotopic (exact) mass is 308 g/mol. The van der Waals surface area contributed by atoms with Crippen LogP contribution >= 0.6 is 11.3 Å². The molecular formula is C14H16N2O2S2. The summed E-state index contributed by atoms with van der Waals surface area (Å²) in [6, 6.07) is 7.46. The molecule has 0 radical (unpaired) electrons. The molecule has 0 aliphatic carbocycles. The molecule has 0 amide bonds. The maximum Gasteiger partial charge on any atom is 0.274 e. The lowest BCUT2D eigenvalue weighted by Crippen LogP contribution is -2.29. The highest BCUT2D eigenvalue weighted by Gasteiger charge is 2.34. The van der Waals surface area contributed by atoms with Crippen LogP contribution in [-0.2, 0) is 16.4 Å². The lowest BCUT2D eigenvalue weighted by atomic mass is 10.1. The Balaban J connectivity index is 2.14. The molecule has 2 N–H and O–H groups in total. The maximum absolute atomic E-state index is 12.9. The number of fused-ring (bicyclic) bond motifs is 1. The minimum Gasteiger partial charge on any atom is -0.397 e. The van der Waals surface area contributed by atoms with Crippen molar-refractivity contribution < 1.29 is 8.42 Å². The maximum atomic E-state index is 12.9. The summed E-state index contributed by atoms with van der Waals surface area (Å²) in [4.78, 5) is 1.00. The van der Waals surface area contributed by atoms with Crippen LogP contribution < -0.4 is 10.0 Å². The normalized spacial score (nSPS) is 14.6. The zero-order chi connectivity index (χ0) is 14.5. The van der Waals surface area contributed by atoms with Gasteiger partial charge < -0.3 is 5.73 Å². The molecule has 106 valence electrons. The predicted molar refractivity (Wildman–Crippen MR) is 82.9 cm³/mol. The second kappa shape index (κ2) is 4.49. The summed E-state index contributed by atoms with van der Waals surface area (Å²) in [5.74, 6) is 0. The molecular weight excluding hydrogens is 292 g/mol. The Hall–Kier alpha value is -1.53. The molecule has 2 aromatic rings. The van der Waals surface area contributed by atoms with Gasteiger partial charge in [-0.3, -0.25) is 4.31 Å². The van der Waals surface area contributed by atoms with Gasteiger partial charge in [0, 0.05) is 11.4 Å². The van der Waals surface area contributed by atoms with E-state index in [2.05, 4.69) is 0 Å². The largest absolute Gasteiger partial charge is 0.397 e. The van der Waals surface area contributed by atoms with Gasteiger partial charge in [0.1, 0.15) is 4.21 Å². The number of nitrogens with two attached hydrogens (primary N) is 1. The third-order valence-electron chi connectivity index (χ3n) is 3.50. The van der Waals surface area contributed by atoms with E-state index < -0.39 is 10.0 Å². The molecule has 0 unspecified atom stereocenters. The van der Waals surface area contributed by atoms with Gasteiger partial charge in [-0.1, -0.05) is 12.1 Å². The van der Waals surface area contributed by atoms with Crippen LogP contribution in [0, 0.1) is 13.8 Å². The summed E-state index contributed by atoms with van der Waals surface area (Å²) in [7, 11) is -3.51. The number of nitrogens with zero attached hydrogens (tertiary/aromatic N) is 1. The van der Waals surface area contributed by atoms with Gasteiger partial charge in [-0.2, -0.15) is 0 Å². The Labute approximate surface area is 122 Å². The van der Waals surface area contributed by atoms with Crippen molar-refractivity contribution in [3.05, 3.63) is 40.3 Å². The van der Waals surface area contributed by atoms with Crippen molar-refractivity contribution in [2.24, 2.45) is 0 Å². The summed E-state index contributed by atoms with van der Waals surface area (Å²) < 4.78 is 27.6. The van der Waals surface area contributed by atoms with E-state index in [9.17, 15) is 8.42 Å². The van der Waals surface area contributed by atoms with E-state index in [1.807, 2.05) is 32.0 Å². The number of hydrogen-bond acceptors (Lipinski definition) is 4. The van der Waals surface area contributed by atoms with E-state index >= 15 is 0 Å². The molecule has 0 fully saturated rings. The smallest absolute Gasteiger partial charge is 0.274 e. The highest BCUT2D eigenvalue weighted by molar-refractivity contribution is 7.94. The summed E-state index contributed by atoms with van der Waals surface area (Å²) in [6.07, 6.45) is 0.711. The van der Waals surface area contributed by atoms with E-state index in [0.29, 0.717) is 28.5 Å². The fraction of sp³-hybridized carbons (Fsp3) is 0.286. The second-order valence-electron chi connectivity index (χ2n) is 5.01. The Kier molecular flexibility index (Phi) is 3.02. The highest BCUT2D eigenvalue weighted by atomic mass is 32.2.